The van der Waals surface area contributed by atoms with Crippen LogP contribution in [-0.2, 0) is 13.0 Å². The first-order valence-corrected chi connectivity index (χ1v) is 8.19. The molecule has 0 amide bonds. The highest BCUT2D eigenvalue weighted by Crippen LogP contribution is 2.33. The van der Waals surface area contributed by atoms with Gasteiger partial charge < -0.3 is 15.2 Å². The third kappa shape index (κ3) is 4.27. The zero-order valence-electron chi connectivity index (χ0n) is 12.3. The molecule has 0 saturated heterocycles. The summed E-state index contributed by atoms with van der Waals surface area (Å²) in [5, 5.41) is 13.3. The summed E-state index contributed by atoms with van der Waals surface area (Å²) in [5.74, 6) is 0.760. The molecule has 2 N–H and O–H groups in total. The highest BCUT2D eigenvalue weighted by Gasteiger charge is 2.09. The van der Waals surface area contributed by atoms with E-state index in [0.717, 1.165) is 21.2 Å². The maximum Gasteiger partial charge on any atom is 0.171 e. The Bertz CT molecular complexity index is 596. The number of phenolic OH excluding ortho intramolecular Hbond substituents is 1. The smallest absolute Gasteiger partial charge is 0.171 e. The van der Waals surface area contributed by atoms with E-state index in [2.05, 4.69) is 59.1 Å². The Morgan fingerprint density at radius 1 is 1.10 bits per heavy atom. The maximum absolute atomic E-state index is 9.94. The lowest BCUT2D eigenvalue weighted by Gasteiger charge is -2.12. The van der Waals surface area contributed by atoms with Crippen molar-refractivity contribution in [3.05, 3.63) is 51.1 Å². The minimum atomic E-state index is 0.216. The second-order valence-corrected chi connectivity index (χ2v) is 5.92. The average Bonchev–Trinajstić information content (AvgIpc) is 2.50. The molecule has 0 spiro atoms. The molecule has 21 heavy (non-hydrogen) atoms. The van der Waals surface area contributed by atoms with Crippen LogP contribution in [0.4, 0.5) is 5.69 Å². The van der Waals surface area contributed by atoms with Gasteiger partial charge in [0.25, 0.3) is 0 Å². The van der Waals surface area contributed by atoms with Crippen molar-refractivity contribution in [1.82, 2.24) is 0 Å². The number of halogens is 1. The van der Waals surface area contributed by atoms with Crippen LogP contribution in [0.5, 0.6) is 11.5 Å². The lowest BCUT2D eigenvalue weighted by Crippen LogP contribution is -2.01. The monoisotopic (exact) mass is 397 g/mol. The summed E-state index contributed by atoms with van der Waals surface area (Å²) in [6.07, 6.45) is 1.05. The molecule has 112 valence electrons. The fourth-order valence-corrected chi connectivity index (χ4v) is 2.72. The van der Waals surface area contributed by atoms with Gasteiger partial charge in [-0.25, -0.2) is 0 Å². The van der Waals surface area contributed by atoms with Gasteiger partial charge in [-0.05, 0) is 71.3 Å². The number of phenols is 1. The topological polar surface area (TPSA) is 41.5 Å². The van der Waals surface area contributed by atoms with E-state index in [4.69, 9.17) is 4.74 Å². The van der Waals surface area contributed by atoms with Crippen molar-refractivity contribution in [3.8, 4) is 11.5 Å². The Morgan fingerprint density at radius 2 is 1.81 bits per heavy atom. The van der Waals surface area contributed by atoms with Gasteiger partial charge in [0.05, 0.1) is 10.2 Å². The molecular formula is C17H20INO2. The Kier molecular flexibility index (Phi) is 5.73. The van der Waals surface area contributed by atoms with Crippen LogP contribution in [-0.4, -0.2) is 11.7 Å². The number of anilines is 1. The standard InChI is InChI=1S/C17H20INO2/c1-3-12-5-7-14(8-6-12)19-11-13-9-15(18)17(20)16(10-13)21-4-2/h5-10,19-20H,3-4,11H2,1-2H3. The number of nitrogens with one attached hydrogen (secondary N) is 1. The predicted octanol–water partition coefficient (Wildman–Crippen LogP) is 4.57. The van der Waals surface area contributed by atoms with E-state index >= 15 is 0 Å². The van der Waals surface area contributed by atoms with Gasteiger partial charge in [-0.1, -0.05) is 19.1 Å². The van der Waals surface area contributed by atoms with E-state index in [-0.39, 0.29) is 5.75 Å². The molecule has 0 atom stereocenters. The normalized spacial score (nSPS) is 10.4. The van der Waals surface area contributed by atoms with Crippen LogP contribution >= 0.6 is 22.6 Å². The number of hydrogen-bond acceptors (Lipinski definition) is 3. The predicted molar refractivity (Wildman–Crippen MR) is 95.1 cm³/mol. The Morgan fingerprint density at radius 3 is 2.43 bits per heavy atom. The molecule has 0 unspecified atom stereocenters. The van der Waals surface area contributed by atoms with Gasteiger partial charge >= 0.3 is 0 Å². The number of ether oxygens (including phenoxy) is 1. The lowest BCUT2D eigenvalue weighted by molar-refractivity contribution is 0.317. The first-order valence-electron chi connectivity index (χ1n) is 7.11. The number of rotatable bonds is 6. The molecule has 3 nitrogen and oxygen atoms in total. The summed E-state index contributed by atoms with van der Waals surface area (Å²) in [5.41, 5.74) is 3.51. The maximum atomic E-state index is 9.94. The molecular weight excluding hydrogens is 377 g/mol. The zero-order chi connectivity index (χ0) is 15.2. The third-order valence-corrected chi connectivity index (χ3v) is 4.07. The molecule has 0 fully saturated rings. The summed E-state index contributed by atoms with van der Waals surface area (Å²) in [4.78, 5) is 0. The summed E-state index contributed by atoms with van der Waals surface area (Å²) < 4.78 is 6.26. The van der Waals surface area contributed by atoms with Crippen molar-refractivity contribution in [2.24, 2.45) is 0 Å². The molecule has 0 aliphatic carbocycles. The quantitative estimate of drug-likeness (QED) is 0.702. The van der Waals surface area contributed by atoms with Crippen molar-refractivity contribution in [3.63, 3.8) is 0 Å². The molecule has 2 aromatic rings. The molecule has 0 aliphatic heterocycles. The molecule has 0 aromatic heterocycles. The van der Waals surface area contributed by atoms with Gasteiger partial charge in [-0.2, -0.15) is 0 Å². The van der Waals surface area contributed by atoms with Gasteiger partial charge in [-0.15, -0.1) is 0 Å². The summed E-state index contributed by atoms with van der Waals surface area (Å²) in [7, 11) is 0. The minimum Gasteiger partial charge on any atom is -0.504 e. The fraction of sp³-hybridized carbons (Fsp3) is 0.294. The van der Waals surface area contributed by atoms with Crippen LogP contribution in [0.3, 0.4) is 0 Å². The van der Waals surface area contributed by atoms with Crippen molar-refractivity contribution < 1.29 is 9.84 Å². The average molecular weight is 397 g/mol. The van der Waals surface area contributed by atoms with Crippen molar-refractivity contribution in [2.45, 2.75) is 26.8 Å². The Hall–Kier alpha value is -1.43. The van der Waals surface area contributed by atoms with Gasteiger partial charge in [0.2, 0.25) is 0 Å². The molecule has 2 aromatic carbocycles. The SMILES string of the molecule is CCOc1cc(CNc2ccc(CC)cc2)cc(I)c1O. The minimum absolute atomic E-state index is 0.216. The van der Waals surface area contributed by atoms with Crippen LogP contribution in [0, 0.1) is 3.57 Å². The summed E-state index contributed by atoms with van der Waals surface area (Å²) >= 11 is 2.12. The van der Waals surface area contributed by atoms with Gasteiger partial charge in [-0.3, -0.25) is 0 Å². The van der Waals surface area contributed by atoms with Crippen molar-refractivity contribution in [2.75, 3.05) is 11.9 Å². The fourth-order valence-electron chi connectivity index (χ4n) is 2.06. The lowest BCUT2D eigenvalue weighted by atomic mass is 10.1. The highest BCUT2D eigenvalue weighted by atomic mass is 127. The molecule has 0 bridgehead atoms. The molecule has 0 heterocycles. The Labute approximate surface area is 139 Å². The summed E-state index contributed by atoms with van der Waals surface area (Å²) in [6.45, 7) is 5.30. The molecule has 0 aliphatic rings. The Balaban J connectivity index is 2.08. The van der Waals surface area contributed by atoms with Gasteiger partial charge in [0.15, 0.2) is 11.5 Å². The van der Waals surface area contributed by atoms with Crippen LogP contribution in [0.15, 0.2) is 36.4 Å². The van der Waals surface area contributed by atoms with E-state index < -0.39 is 0 Å². The number of hydrogen-bond donors (Lipinski definition) is 2. The van der Waals surface area contributed by atoms with E-state index in [1.54, 1.807) is 0 Å². The molecule has 2 rings (SSSR count). The van der Waals surface area contributed by atoms with Crippen molar-refractivity contribution in [1.29, 1.82) is 0 Å². The van der Waals surface area contributed by atoms with Gasteiger partial charge in [0, 0.05) is 12.2 Å². The molecule has 0 radical (unpaired) electrons. The zero-order valence-corrected chi connectivity index (χ0v) is 14.5. The molecule has 0 saturated carbocycles. The highest BCUT2D eigenvalue weighted by molar-refractivity contribution is 14.1. The number of aromatic hydroxyl groups is 1. The van der Waals surface area contributed by atoms with E-state index in [1.807, 2.05) is 19.1 Å². The van der Waals surface area contributed by atoms with Crippen LogP contribution in [0.25, 0.3) is 0 Å². The first-order chi connectivity index (χ1) is 10.1. The van der Waals surface area contributed by atoms with Crippen LogP contribution in [0.1, 0.15) is 25.0 Å². The van der Waals surface area contributed by atoms with E-state index in [9.17, 15) is 5.11 Å². The van der Waals surface area contributed by atoms with Crippen LogP contribution < -0.4 is 10.1 Å². The second kappa shape index (κ2) is 7.54. The molecule has 4 heteroatoms. The number of aryl methyl sites for hydroxylation is 1. The van der Waals surface area contributed by atoms with E-state index in [1.165, 1.54) is 5.56 Å². The number of benzene rings is 2. The first kappa shape index (κ1) is 15.9. The van der Waals surface area contributed by atoms with E-state index in [0.29, 0.717) is 18.9 Å². The summed E-state index contributed by atoms with van der Waals surface area (Å²) in [6, 6.07) is 12.3. The third-order valence-electron chi connectivity index (χ3n) is 3.25. The largest absolute Gasteiger partial charge is 0.504 e. The van der Waals surface area contributed by atoms with Gasteiger partial charge in [0.1, 0.15) is 0 Å². The van der Waals surface area contributed by atoms with Crippen LogP contribution in [0.2, 0.25) is 0 Å². The second-order valence-electron chi connectivity index (χ2n) is 4.76. The van der Waals surface area contributed by atoms with Crippen molar-refractivity contribution >= 4 is 28.3 Å².